The Hall–Kier alpha value is -0.810. The number of thiophene rings is 1. The molecule has 1 aromatic heterocycles. The molecule has 0 saturated carbocycles. The van der Waals surface area contributed by atoms with E-state index in [2.05, 4.69) is 24.5 Å². The topological polar surface area (TPSA) is 52.5 Å². The van der Waals surface area contributed by atoms with Crippen LogP contribution in [-0.2, 0) is 11.2 Å². The van der Waals surface area contributed by atoms with E-state index in [4.69, 9.17) is 0 Å². The van der Waals surface area contributed by atoms with Gasteiger partial charge >= 0.3 is 0 Å². The zero-order valence-corrected chi connectivity index (χ0v) is 9.40. The Kier molecular flexibility index (Phi) is 4.16. The lowest BCUT2D eigenvalue weighted by Crippen LogP contribution is -2.24. The average molecular weight is 228 g/mol. The van der Waals surface area contributed by atoms with Crippen LogP contribution in [0.4, 0.5) is 0 Å². The van der Waals surface area contributed by atoms with E-state index >= 15 is 0 Å². The van der Waals surface area contributed by atoms with Gasteiger partial charge in [0.1, 0.15) is 0 Å². The van der Waals surface area contributed by atoms with Gasteiger partial charge in [-0.25, -0.2) is 0 Å². The predicted octanol–water partition coefficient (Wildman–Crippen LogP) is 0.768. The van der Waals surface area contributed by atoms with Gasteiger partial charge in [0.05, 0.1) is 16.7 Å². The summed E-state index contributed by atoms with van der Waals surface area (Å²) in [6, 6.07) is 1.96. The van der Waals surface area contributed by atoms with Crippen LogP contribution in [0.2, 0.25) is 0 Å². The molecule has 3 nitrogen and oxygen atoms in total. The van der Waals surface area contributed by atoms with E-state index in [1.807, 2.05) is 6.07 Å². The van der Waals surface area contributed by atoms with Crippen LogP contribution in [0.15, 0.2) is 15.3 Å². The van der Waals surface area contributed by atoms with Crippen LogP contribution in [0, 0.1) is 0 Å². The highest BCUT2D eigenvalue weighted by atomic mass is 32.2. The first-order chi connectivity index (χ1) is 6.63. The third-order valence-corrected chi connectivity index (χ3v) is 3.22. The number of nitrogens with zero attached hydrogens (tertiary/aromatic N) is 1. The lowest BCUT2D eigenvalue weighted by Gasteiger charge is -1.93. The molecule has 0 aliphatic carbocycles. The van der Waals surface area contributed by atoms with Crippen molar-refractivity contribution in [2.75, 3.05) is 6.54 Å². The van der Waals surface area contributed by atoms with Crippen molar-refractivity contribution >= 4 is 36.1 Å². The molecule has 0 aliphatic rings. The second-order valence-electron chi connectivity index (χ2n) is 2.67. The first kappa shape index (κ1) is 11.3. The number of hydrogen-bond donors (Lipinski definition) is 1. The van der Waals surface area contributed by atoms with E-state index in [1.54, 1.807) is 11.3 Å². The zero-order chi connectivity index (χ0) is 10.6. The van der Waals surface area contributed by atoms with Crippen LogP contribution in [0.1, 0.15) is 17.4 Å². The van der Waals surface area contributed by atoms with Gasteiger partial charge in [-0.1, -0.05) is 6.92 Å². The lowest BCUT2D eigenvalue weighted by molar-refractivity contribution is -0.303. The molecule has 1 heterocycles. The van der Waals surface area contributed by atoms with Crippen LogP contribution in [0.5, 0.6) is 0 Å². The van der Waals surface area contributed by atoms with Gasteiger partial charge in [0.25, 0.3) is 0 Å². The minimum absolute atomic E-state index is 0.301. The molecule has 0 aromatic carbocycles. The molecule has 0 amide bonds. The molecule has 0 spiro atoms. The fourth-order valence-corrected chi connectivity index (χ4v) is 2.22. The minimum atomic E-state index is -1.17. The highest BCUT2D eigenvalue weighted by molar-refractivity contribution is 7.83. The normalized spacial score (nSPS) is 11.0. The molecule has 0 radical (unpaired) electrons. The Labute approximate surface area is 91.9 Å². The summed E-state index contributed by atoms with van der Waals surface area (Å²) in [6.45, 7) is 1.76. The smallest absolute Gasteiger partial charge is 0.0785 e. The number of carboxylic acid groups (broad SMARTS) is 1. The highest BCUT2D eigenvalue weighted by Crippen LogP contribution is 2.24. The number of aryl methyl sites for hydroxylation is 1. The molecule has 1 aromatic rings. The monoisotopic (exact) mass is 228 g/mol. The molecule has 0 bridgehead atoms. The Bertz CT molecular complexity index is 358. The third kappa shape index (κ3) is 3.16. The van der Waals surface area contributed by atoms with Crippen LogP contribution in [0.25, 0.3) is 0 Å². The maximum atomic E-state index is 10.1. The molecule has 0 fully saturated rings. The van der Waals surface area contributed by atoms with E-state index in [9.17, 15) is 9.90 Å². The number of carboxylic acids is 1. The van der Waals surface area contributed by atoms with Gasteiger partial charge in [-0.3, -0.25) is 4.99 Å². The van der Waals surface area contributed by atoms with E-state index in [0.717, 1.165) is 16.2 Å². The van der Waals surface area contributed by atoms with Crippen molar-refractivity contribution in [1.29, 1.82) is 0 Å². The van der Waals surface area contributed by atoms with Crippen molar-refractivity contribution in [2.24, 2.45) is 4.99 Å². The number of thiol groups is 1. The van der Waals surface area contributed by atoms with Gasteiger partial charge in [0.15, 0.2) is 0 Å². The van der Waals surface area contributed by atoms with Crippen molar-refractivity contribution in [2.45, 2.75) is 17.6 Å². The number of aliphatic imine (C=N–C) groups is 1. The fraction of sp³-hybridized carbons (Fsp3) is 0.333. The number of hydrogen-bond acceptors (Lipinski definition) is 5. The van der Waals surface area contributed by atoms with E-state index in [0.29, 0.717) is 0 Å². The molecule has 14 heavy (non-hydrogen) atoms. The first-order valence-electron chi connectivity index (χ1n) is 4.14. The molecule has 1 rings (SSSR count). The predicted molar refractivity (Wildman–Crippen MR) is 58.4 cm³/mol. The molecular weight excluding hydrogens is 218 g/mol. The van der Waals surface area contributed by atoms with Gasteiger partial charge in [-0.2, -0.15) is 0 Å². The summed E-state index contributed by atoms with van der Waals surface area (Å²) >= 11 is 5.84. The summed E-state index contributed by atoms with van der Waals surface area (Å²) in [5.74, 6) is -1.17. The Morgan fingerprint density at radius 2 is 2.50 bits per heavy atom. The third-order valence-electron chi connectivity index (χ3n) is 1.59. The van der Waals surface area contributed by atoms with Crippen molar-refractivity contribution in [3.8, 4) is 0 Å². The van der Waals surface area contributed by atoms with Crippen molar-refractivity contribution in [3.05, 3.63) is 16.5 Å². The van der Waals surface area contributed by atoms with Crippen LogP contribution in [0.3, 0.4) is 0 Å². The van der Waals surface area contributed by atoms with Gasteiger partial charge in [-0.15, -0.1) is 24.0 Å². The zero-order valence-electron chi connectivity index (χ0n) is 7.69. The number of carbonyl (C=O) groups excluding carboxylic acids is 1. The molecule has 0 atom stereocenters. The van der Waals surface area contributed by atoms with Crippen LogP contribution < -0.4 is 5.11 Å². The van der Waals surface area contributed by atoms with E-state index in [-0.39, 0.29) is 6.54 Å². The van der Waals surface area contributed by atoms with Gasteiger partial charge in [0, 0.05) is 16.7 Å². The first-order valence-corrected chi connectivity index (χ1v) is 5.41. The van der Waals surface area contributed by atoms with Crippen LogP contribution >= 0.6 is 24.0 Å². The number of rotatable bonds is 4. The molecule has 5 heteroatoms. The Balaban J connectivity index is 2.70. The van der Waals surface area contributed by atoms with E-state index < -0.39 is 5.97 Å². The van der Waals surface area contributed by atoms with Crippen molar-refractivity contribution in [1.82, 2.24) is 0 Å². The Morgan fingerprint density at radius 1 is 1.79 bits per heavy atom. The van der Waals surface area contributed by atoms with Gasteiger partial charge in [-0.05, 0) is 12.5 Å². The molecule has 0 saturated heterocycles. The summed E-state index contributed by atoms with van der Waals surface area (Å²) < 4.78 is 0.865. The highest BCUT2D eigenvalue weighted by Gasteiger charge is 2.01. The fourth-order valence-electron chi connectivity index (χ4n) is 0.933. The molecule has 76 valence electrons. The summed E-state index contributed by atoms with van der Waals surface area (Å²) in [4.78, 5) is 15.0. The largest absolute Gasteiger partial charge is 0.548 e. The molecule has 0 unspecified atom stereocenters. The summed E-state index contributed by atoms with van der Waals surface area (Å²) in [7, 11) is 0. The van der Waals surface area contributed by atoms with E-state index in [1.165, 1.54) is 11.1 Å². The van der Waals surface area contributed by atoms with Gasteiger partial charge in [0.2, 0.25) is 0 Å². The molecule has 0 N–H and O–H groups in total. The van der Waals surface area contributed by atoms with Crippen LogP contribution in [-0.4, -0.2) is 18.7 Å². The molecule has 0 aliphatic heterocycles. The quantitative estimate of drug-likeness (QED) is 0.611. The van der Waals surface area contributed by atoms with Crippen molar-refractivity contribution < 1.29 is 9.90 Å². The standard InChI is InChI=1S/C9H11NO2S2/c1-2-7-3-6(9(13)14-7)4-10-5-8(11)12/h3-4,13H,2,5H2,1H3,(H,11,12)/p-1. The summed E-state index contributed by atoms with van der Waals surface area (Å²) in [5, 5.41) is 10.1. The maximum absolute atomic E-state index is 10.1. The summed E-state index contributed by atoms with van der Waals surface area (Å²) in [5.41, 5.74) is 0.872. The lowest BCUT2D eigenvalue weighted by atomic mass is 10.3. The number of aliphatic carboxylic acids is 1. The average Bonchev–Trinajstić information content (AvgIpc) is 2.47. The SMILES string of the molecule is CCc1cc(C=NCC(=O)[O-])c(S)s1. The van der Waals surface area contributed by atoms with Crippen molar-refractivity contribution in [3.63, 3.8) is 0 Å². The number of carbonyl (C=O) groups is 1. The Morgan fingerprint density at radius 3 is 3.00 bits per heavy atom. The second kappa shape index (κ2) is 5.17. The molecular formula is C9H10NO2S2-. The summed E-state index contributed by atoms with van der Waals surface area (Å²) in [6.07, 6.45) is 2.47. The second-order valence-corrected chi connectivity index (χ2v) is 4.56. The maximum Gasteiger partial charge on any atom is 0.0785 e. The minimum Gasteiger partial charge on any atom is -0.548 e. The van der Waals surface area contributed by atoms with Gasteiger partial charge < -0.3 is 9.90 Å².